The predicted molar refractivity (Wildman–Crippen MR) is 136 cm³/mol. The van der Waals surface area contributed by atoms with Crippen molar-refractivity contribution < 1.29 is 19.1 Å². The number of terminal acetylenes is 1. The zero-order chi connectivity index (χ0) is 24.6. The summed E-state index contributed by atoms with van der Waals surface area (Å²) in [6.07, 6.45) is 5.16. The number of benzene rings is 2. The third-order valence-corrected chi connectivity index (χ3v) is 10.9. The van der Waals surface area contributed by atoms with Gasteiger partial charge in [-0.25, -0.2) is 4.79 Å². The SMILES string of the molecule is C#CCC[C@H]([C@H](O[Si](C)(C)C(C)(C)C)c1ccccc1)N(Cc1ccc(OC)cc1)C(=O)O. The minimum atomic E-state index is -2.23. The highest BCUT2D eigenvalue weighted by atomic mass is 28.4. The van der Waals surface area contributed by atoms with Crippen molar-refractivity contribution in [2.24, 2.45) is 0 Å². The summed E-state index contributed by atoms with van der Waals surface area (Å²) >= 11 is 0. The topological polar surface area (TPSA) is 59.0 Å². The van der Waals surface area contributed by atoms with Crippen molar-refractivity contribution in [1.82, 2.24) is 4.90 Å². The van der Waals surface area contributed by atoms with Gasteiger partial charge in [0.25, 0.3) is 0 Å². The van der Waals surface area contributed by atoms with Crippen molar-refractivity contribution in [1.29, 1.82) is 0 Å². The molecular weight excluding hydrogens is 430 g/mol. The molecule has 0 saturated carbocycles. The summed E-state index contributed by atoms with van der Waals surface area (Å²) in [5.41, 5.74) is 1.84. The molecule has 0 fully saturated rings. The molecule has 178 valence electrons. The van der Waals surface area contributed by atoms with Crippen LogP contribution in [0.4, 0.5) is 4.79 Å². The minimum Gasteiger partial charge on any atom is -0.497 e. The lowest BCUT2D eigenvalue weighted by atomic mass is 9.96. The Bertz CT molecular complexity index is 929. The van der Waals surface area contributed by atoms with Crippen molar-refractivity contribution >= 4 is 14.4 Å². The summed E-state index contributed by atoms with van der Waals surface area (Å²) < 4.78 is 12.1. The highest BCUT2D eigenvalue weighted by Crippen LogP contribution is 2.42. The Morgan fingerprint density at radius 2 is 1.73 bits per heavy atom. The molecule has 0 aliphatic heterocycles. The third kappa shape index (κ3) is 7.11. The van der Waals surface area contributed by atoms with Gasteiger partial charge in [0.1, 0.15) is 5.75 Å². The molecule has 0 aromatic heterocycles. The Balaban J connectivity index is 2.52. The molecule has 0 spiro atoms. The van der Waals surface area contributed by atoms with Crippen LogP contribution in [0.1, 0.15) is 50.8 Å². The molecule has 6 heteroatoms. The van der Waals surface area contributed by atoms with Gasteiger partial charge in [0.05, 0.1) is 19.3 Å². The van der Waals surface area contributed by atoms with Crippen LogP contribution < -0.4 is 4.74 Å². The van der Waals surface area contributed by atoms with Gasteiger partial charge in [-0.3, -0.25) is 4.90 Å². The molecule has 2 rings (SSSR count). The van der Waals surface area contributed by atoms with Crippen molar-refractivity contribution in [3.63, 3.8) is 0 Å². The van der Waals surface area contributed by atoms with Gasteiger partial charge in [0.15, 0.2) is 8.32 Å². The van der Waals surface area contributed by atoms with E-state index in [4.69, 9.17) is 15.6 Å². The van der Waals surface area contributed by atoms with Crippen LogP contribution in [0.15, 0.2) is 54.6 Å². The second-order valence-electron chi connectivity index (χ2n) is 9.78. The average molecular weight is 468 g/mol. The van der Waals surface area contributed by atoms with Crippen LogP contribution in [0.3, 0.4) is 0 Å². The molecule has 0 heterocycles. The first-order valence-corrected chi connectivity index (χ1v) is 14.2. The molecule has 2 atom stereocenters. The Morgan fingerprint density at radius 1 is 1.12 bits per heavy atom. The van der Waals surface area contributed by atoms with Crippen LogP contribution >= 0.6 is 0 Å². The van der Waals surface area contributed by atoms with E-state index in [1.54, 1.807) is 7.11 Å². The fraction of sp³-hybridized carbons (Fsp3) is 0.444. The van der Waals surface area contributed by atoms with Crippen molar-refractivity contribution in [3.8, 4) is 18.1 Å². The maximum absolute atomic E-state index is 12.5. The van der Waals surface area contributed by atoms with Crippen molar-refractivity contribution in [2.45, 2.75) is 70.4 Å². The fourth-order valence-electron chi connectivity index (χ4n) is 3.46. The molecule has 1 N–H and O–H groups in total. The van der Waals surface area contributed by atoms with Crippen molar-refractivity contribution in [2.75, 3.05) is 7.11 Å². The highest BCUT2D eigenvalue weighted by molar-refractivity contribution is 6.74. The molecule has 0 unspecified atom stereocenters. The van der Waals surface area contributed by atoms with Gasteiger partial charge in [0.2, 0.25) is 0 Å². The molecule has 5 nitrogen and oxygen atoms in total. The van der Waals surface area contributed by atoms with Gasteiger partial charge < -0.3 is 14.3 Å². The number of rotatable bonds is 10. The lowest BCUT2D eigenvalue weighted by molar-refractivity contribution is 0.0462. The van der Waals surface area contributed by atoms with Crippen LogP contribution in [-0.4, -0.2) is 37.6 Å². The lowest BCUT2D eigenvalue weighted by Crippen LogP contribution is -2.49. The average Bonchev–Trinajstić information content (AvgIpc) is 2.77. The summed E-state index contributed by atoms with van der Waals surface area (Å²) in [5, 5.41) is 10.2. The predicted octanol–water partition coefficient (Wildman–Crippen LogP) is 6.72. The maximum Gasteiger partial charge on any atom is 0.407 e. The van der Waals surface area contributed by atoms with Gasteiger partial charge in [-0.2, -0.15) is 0 Å². The van der Waals surface area contributed by atoms with E-state index in [1.165, 1.54) is 4.90 Å². The second-order valence-corrected chi connectivity index (χ2v) is 14.5. The first kappa shape index (κ1) is 26.5. The molecular formula is C27H37NO4Si. The molecule has 2 aromatic rings. The number of hydrogen-bond acceptors (Lipinski definition) is 3. The zero-order valence-electron chi connectivity index (χ0n) is 20.7. The van der Waals surface area contributed by atoms with Crippen LogP contribution in [0.25, 0.3) is 0 Å². The first-order valence-electron chi connectivity index (χ1n) is 11.3. The maximum atomic E-state index is 12.5. The number of amides is 1. The van der Waals surface area contributed by atoms with E-state index < -0.39 is 26.6 Å². The van der Waals surface area contributed by atoms with E-state index in [0.717, 1.165) is 16.9 Å². The Labute approximate surface area is 199 Å². The lowest BCUT2D eigenvalue weighted by Gasteiger charge is -2.44. The molecule has 0 radical (unpaired) electrons. The first-order chi connectivity index (χ1) is 15.5. The Hall–Kier alpha value is -2.75. The van der Waals surface area contributed by atoms with Gasteiger partial charge in [0, 0.05) is 13.0 Å². The summed E-state index contributed by atoms with van der Waals surface area (Å²) in [6, 6.07) is 16.9. The van der Waals surface area contributed by atoms with E-state index in [9.17, 15) is 9.90 Å². The second kappa shape index (κ2) is 11.4. The molecule has 33 heavy (non-hydrogen) atoms. The molecule has 0 bridgehead atoms. The van der Waals surface area contributed by atoms with Gasteiger partial charge in [-0.05, 0) is 47.8 Å². The molecule has 0 aliphatic carbocycles. The number of carboxylic acid groups (broad SMARTS) is 1. The number of nitrogens with zero attached hydrogens (tertiary/aromatic N) is 1. The molecule has 1 amide bonds. The summed E-state index contributed by atoms with van der Waals surface area (Å²) in [6.45, 7) is 11.2. The van der Waals surface area contributed by atoms with Crippen LogP contribution in [-0.2, 0) is 11.0 Å². The molecule has 2 aromatic carbocycles. The van der Waals surface area contributed by atoms with Crippen LogP contribution in [0.5, 0.6) is 5.75 Å². The number of methoxy groups -OCH3 is 1. The summed E-state index contributed by atoms with van der Waals surface area (Å²) in [4.78, 5) is 14.0. The quantitative estimate of drug-likeness (QED) is 0.311. The van der Waals surface area contributed by atoms with Gasteiger partial charge in [-0.15, -0.1) is 12.3 Å². The zero-order valence-corrected chi connectivity index (χ0v) is 21.7. The van der Waals surface area contributed by atoms with E-state index in [-0.39, 0.29) is 11.6 Å². The number of carbonyl (C=O) groups is 1. The van der Waals surface area contributed by atoms with E-state index >= 15 is 0 Å². The number of ether oxygens (including phenoxy) is 1. The Kier molecular flexibility index (Phi) is 9.15. The molecule has 0 saturated heterocycles. The molecule has 0 aliphatic rings. The Morgan fingerprint density at radius 3 is 2.21 bits per heavy atom. The monoisotopic (exact) mass is 467 g/mol. The van der Waals surface area contributed by atoms with Crippen molar-refractivity contribution in [3.05, 3.63) is 65.7 Å². The summed E-state index contributed by atoms with van der Waals surface area (Å²) in [5.74, 6) is 3.42. The smallest absolute Gasteiger partial charge is 0.407 e. The van der Waals surface area contributed by atoms with E-state index in [0.29, 0.717) is 12.8 Å². The largest absolute Gasteiger partial charge is 0.497 e. The standard InChI is InChI=1S/C27H37NO4Si/c1-8-9-15-24(28(26(29)30)20-21-16-18-23(31-5)19-17-21)25(22-13-11-10-12-14-22)32-33(6,7)27(2,3)4/h1,10-14,16-19,24-25H,9,15,20H2,2-7H3,(H,29,30)/t24-,25-/m1/s1. The van der Waals surface area contributed by atoms with E-state index in [2.05, 4.69) is 39.8 Å². The summed E-state index contributed by atoms with van der Waals surface area (Å²) in [7, 11) is -0.617. The van der Waals surface area contributed by atoms with Crippen LogP contribution in [0.2, 0.25) is 18.1 Å². The van der Waals surface area contributed by atoms with Gasteiger partial charge in [-0.1, -0.05) is 63.2 Å². The third-order valence-electron chi connectivity index (χ3n) is 6.45. The highest BCUT2D eigenvalue weighted by Gasteiger charge is 2.43. The normalized spacial score (nSPS) is 13.6. The minimum absolute atomic E-state index is 0.0270. The van der Waals surface area contributed by atoms with Crippen LogP contribution in [0, 0.1) is 12.3 Å². The van der Waals surface area contributed by atoms with E-state index in [1.807, 2.05) is 54.6 Å². The number of hydrogen-bond donors (Lipinski definition) is 1. The van der Waals surface area contributed by atoms with Gasteiger partial charge >= 0.3 is 6.09 Å². The fourth-order valence-corrected chi connectivity index (χ4v) is 4.74.